The van der Waals surface area contributed by atoms with Gasteiger partial charge in [0.05, 0.1) is 5.71 Å². The number of Topliss-reactive ketones (excluding diaryl/α,β-unsaturated/α-hetero) is 2. The lowest BCUT2D eigenvalue weighted by Crippen LogP contribution is -2.29. The Labute approximate surface area is 134 Å². The number of carbonyl (C=O) groups excluding carboxylic acids is 2. The minimum Gasteiger partial charge on any atom is -0.292 e. The topological polar surface area (TPSA) is 58.9 Å². The maximum absolute atomic E-state index is 13.4. The maximum atomic E-state index is 13.4. The lowest BCUT2D eigenvalue weighted by molar-refractivity contribution is 0.0966. The molecule has 2 aromatic rings. The standard InChI is InChI=1S/C18H8F2N2O2/c19-7-1-3-9-11(5-7)17(23)15-13(9)21-16-14(22-15)10-4-2-8(20)6-12(10)18(16)24/h1-6,13,15H. The molecule has 0 saturated heterocycles. The first-order chi connectivity index (χ1) is 11.5. The SMILES string of the molecule is O=C1C2=NC3c4ccc(F)cc4C(=O)C3N=C2c2ccc(F)cc21. The van der Waals surface area contributed by atoms with E-state index in [0.717, 1.165) is 6.07 Å². The second-order valence-electron chi connectivity index (χ2n) is 5.96. The monoisotopic (exact) mass is 322 g/mol. The Morgan fingerprint density at radius 2 is 1.42 bits per heavy atom. The minimum atomic E-state index is -0.802. The molecule has 1 aliphatic heterocycles. The van der Waals surface area contributed by atoms with Gasteiger partial charge in [0.2, 0.25) is 5.78 Å². The molecule has 0 bridgehead atoms. The quantitative estimate of drug-likeness (QED) is 0.749. The summed E-state index contributed by atoms with van der Waals surface area (Å²) >= 11 is 0. The van der Waals surface area contributed by atoms with E-state index < -0.39 is 29.5 Å². The van der Waals surface area contributed by atoms with Gasteiger partial charge in [-0.3, -0.25) is 19.6 Å². The molecule has 0 saturated carbocycles. The lowest BCUT2D eigenvalue weighted by atomic mass is 10.0. The largest absolute Gasteiger partial charge is 0.292 e. The summed E-state index contributed by atoms with van der Waals surface area (Å²) in [5.41, 5.74) is 1.97. The van der Waals surface area contributed by atoms with Gasteiger partial charge in [0.25, 0.3) is 0 Å². The Kier molecular flexibility index (Phi) is 2.40. The smallest absolute Gasteiger partial charge is 0.213 e. The second-order valence-corrected chi connectivity index (χ2v) is 5.96. The van der Waals surface area contributed by atoms with E-state index in [0.29, 0.717) is 16.8 Å². The van der Waals surface area contributed by atoms with Crippen molar-refractivity contribution in [3.63, 3.8) is 0 Å². The van der Waals surface area contributed by atoms with Crippen molar-refractivity contribution in [3.05, 3.63) is 70.3 Å². The summed E-state index contributed by atoms with van der Waals surface area (Å²) in [6.07, 6.45) is 0. The van der Waals surface area contributed by atoms with Gasteiger partial charge in [-0.05, 0) is 35.9 Å². The van der Waals surface area contributed by atoms with E-state index in [4.69, 9.17) is 0 Å². The van der Waals surface area contributed by atoms with Crippen LogP contribution in [0.5, 0.6) is 0 Å². The summed E-state index contributed by atoms with van der Waals surface area (Å²) in [7, 11) is 0. The first kappa shape index (κ1) is 13.4. The van der Waals surface area contributed by atoms with Gasteiger partial charge in [0.15, 0.2) is 5.78 Å². The maximum Gasteiger partial charge on any atom is 0.213 e. The van der Waals surface area contributed by atoms with Crippen LogP contribution in [0.2, 0.25) is 0 Å². The Balaban J connectivity index is 1.71. The van der Waals surface area contributed by atoms with Crippen LogP contribution in [0.25, 0.3) is 0 Å². The zero-order chi connectivity index (χ0) is 16.6. The molecule has 5 rings (SSSR count). The van der Waals surface area contributed by atoms with Crippen LogP contribution in [0, 0.1) is 11.6 Å². The van der Waals surface area contributed by atoms with E-state index in [1.807, 2.05) is 0 Å². The zero-order valence-electron chi connectivity index (χ0n) is 12.1. The molecule has 0 radical (unpaired) electrons. The molecule has 2 aliphatic carbocycles. The molecule has 2 aromatic carbocycles. The van der Waals surface area contributed by atoms with Crippen molar-refractivity contribution in [1.82, 2.24) is 0 Å². The molecule has 0 amide bonds. The molecule has 0 N–H and O–H groups in total. The number of ketones is 2. The van der Waals surface area contributed by atoms with Crippen molar-refractivity contribution in [2.24, 2.45) is 9.98 Å². The van der Waals surface area contributed by atoms with Crippen LogP contribution < -0.4 is 0 Å². The average Bonchev–Trinajstić information content (AvgIpc) is 2.99. The second kappa shape index (κ2) is 4.29. The molecule has 2 atom stereocenters. The average molecular weight is 322 g/mol. The van der Waals surface area contributed by atoms with Crippen LogP contribution in [-0.4, -0.2) is 29.0 Å². The van der Waals surface area contributed by atoms with Gasteiger partial charge in [-0.1, -0.05) is 6.07 Å². The van der Waals surface area contributed by atoms with Crippen molar-refractivity contribution in [1.29, 1.82) is 0 Å². The van der Waals surface area contributed by atoms with Crippen molar-refractivity contribution in [2.75, 3.05) is 0 Å². The van der Waals surface area contributed by atoms with Gasteiger partial charge in [-0.2, -0.15) is 0 Å². The number of carbonyl (C=O) groups is 2. The van der Waals surface area contributed by atoms with Crippen LogP contribution in [0.1, 0.15) is 37.9 Å². The van der Waals surface area contributed by atoms with Crippen LogP contribution in [-0.2, 0) is 0 Å². The summed E-state index contributed by atoms with van der Waals surface area (Å²) in [6.45, 7) is 0. The van der Waals surface area contributed by atoms with Gasteiger partial charge in [-0.15, -0.1) is 0 Å². The molecule has 6 heteroatoms. The molecular formula is C18H8F2N2O2. The minimum absolute atomic E-state index is 0.141. The van der Waals surface area contributed by atoms with Crippen molar-refractivity contribution >= 4 is 23.0 Å². The predicted molar refractivity (Wildman–Crippen MR) is 82.0 cm³/mol. The molecule has 0 aromatic heterocycles. The molecular weight excluding hydrogens is 314 g/mol. The zero-order valence-corrected chi connectivity index (χ0v) is 12.1. The molecule has 4 nitrogen and oxygen atoms in total. The summed E-state index contributed by atoms with van der Waals surface area (Å²) in [6, 6.07) is 6.37. The number of aliphatic imine (C=N–C) groups is 2. The molecule has 1 heterocycles. The summed E-state index contributed by atoms with van der Waals surface area (Å²) in [5, 5.41) is 0. The number of halogens is 2. The number of hydrogen-bond acceptors (Lipinski definition) is 4. The molecule has 3 aliphatic rings. The Morgan fingerprint density at radius 3 is 2.21 bits per heavy atom. The Morgan fingerprint density at radius 1 is 0.750 bits per heavy atom. The summed E-state index contributed by atoms with van der Waals surface area (Å²) in [5.74, 6) is -1.73. The highest BCUT2D eigenvalue weighted by atomic mass is 19.1. The number of benzene rings is 2. The van der Waals surface area contributed by atoms with E-state index in [1.165, 1.54) is 30.3 Å². The molecule has 0 spiro atoms. The molecule has 24 heavy (non-hydrogen) atoms. The van der Waals surface area contributed by atoms with E-state index in [-0.39, 0.29) is 22.6 Å². The van der Waals surface area contributed by atoms with Crippen LogP contribution in [0.3, 0.4) is 0 Å². The van der Waals surface area contributed by atoms with Crippen LogP contribution >= 0.6 is 0 Å². The van der Waals surface area contributed by atoms with Crippen molar-refractivity contribution in [2.45, 2.75) is 12.1 Å². The van der Waals surface area contributed by atoms with Gasteiger partial charge >= 0.3 is 0 Å². The van der Waals surface area contributed by atoms with E-state index in [9.17, 15) is 18.4 Å². The molecule has 2 unspecified atom stereocenters. The fourth-order valence-corrected chi connectivity index (χ4v) is 3.54. The van der Waals surface area contributed by atoms with Gasteiger partial charge in [0, 0.05) is 16.7 Å². The molecule has 116 valence electrons. The number of nitrogens with zero attached hydrogens (tertiary/aromatic N) is 2. The first-order valence-corrected chi connectivity index (χ1v) is 7.39. The van der Waals surface area contributed by atoms with Crippen LogP contribution in [0.4, 0.5) is 8.78 Å². The highest BCUT2D eigenvalue weighted by molar-refractivity contribution is 6.78. The third-order valence-electron chi connectivity index (χ3n) is 4.62. The van der Waals surface area contributed by atoms with Crippen molar-refractivity contribution in [3.8, 4) is 0 Å². The Bertz CT molecular complexity index is 1040. The Hall–Kier alpha value is -3.02. The van der Waals surface area contributed by atoms with E-state index >= 15 is 0 Å². The fourth-order valence-electron chi connectivity index (χ4n) is 3.54. The van der Waals surface area contributed by atoms with Crippen molar-refractivity contribution < 1.29 is 18.4 Å². The highest BCUT2D eigenvalue weighted by Crippen LogP contribution is 2.40. The van der Waals surface area contributed by atoms with E-state index in [1.54, 1.807) is 0 Å². The lowest BCUT2D eigenvalue weighted by Gasteiger charge is -2.18. The number of hydrogen-bond donors (Lipinski definition) is 0. The number of fused-ring (bicyclic) bond motifs is 6. The highest BCUT2D eigenvalue weighted by Gasteiger charge is 2.46. The van der Waals surface area contributed by atoms with Gasteiger partial charge in [0.1, 0.15) is 29.4 Å². The predicted octanol–water partition coefficient (Wildman–Crippen LogP) is 2.71. The van der Waals surface area contributed by atoms with Gasteiger partial charge in [-0.25, -0.2) is 8.78 Å². The third-order valence-corrected chi connectivity index (χ3v) is 4.62. The fraction of sp³-hybridized carbons (Fsp3) is 0.111. The third kappa shape index (κ3) is 1.55. The van der Waals surface area contributed by atoms with Crippen LogP contribution in [0.15, 0.2) is 46.4 Å². The first-order valence-electron chi connectivity index (χ1n) is 7.39. The van der Waals surface area contributed by atoms with E-state index in [2.05, 4.69) is 9.98 Å². The normalized spacial score (nSPS) is 23.2. The molecule has 0 fully saturated rings. The summed E-state index contributed by atoms with van der Waals surface area (Å²) in [4.78, 5) is 33.9. The number of rotatable bonds is 0. The summed E-state index contributed by atoms with van der Waals surface area (Å²) < 4.78 is 26.8. The van der Waals surface area contributed by atoms with Gasteiger partial charge < -0.3 is 0 Å².